The molecule has 1 unspecified atom stereocenters. The summed E-state index contributed by atoms with van der Waals surface area (Å²) < 4.78 is 5.17. The Labute approximate surface area is 162 Å². The molecule has 3 aromatic rings. The maximum atomic E-state index is 12.7. The molecule has 0 spiro atoms. The first-order valence-corrected chi connectivity index (χ1v) is 9.12. The van der Waals surface area contributed by atoms with Crippen LogP contribution >= 0.6 is 0 Å². The van der Waals surface area contributed by atoms with Crippen LogP contribution in [0.5, 0.6) is 0 Å². The summed E-state index contributed by atoms with van der Waals surface area (Å²) in [5.41, 5.74) is 2.42. The molecule has 2 heterocycles. The zero-order valence-corrected chi connectivity index (χ0v) is 15.5. The van der Waals surface area contributed by atoms with Crippen LogP contribution in [0.1, 0.15) is 17.8 Å². The highest BCUT2D eigenvalue weighted by Crippen LogP contribution is 2.24. The molecule has 1 saturated heterocycles. The van der Waals surface area contributed by atoms with Gasteiger partial charge < -0.3 is 14.7 Å². The monoisotopic (exact) mass is 376 g/mol. The molecule has 7 heteroatoms. The van der Waals surface area contributed by atoms with E-state index in [0.29, 0.717) is 30.5 Å². The van der Waals surface area contributed by atoms with E-state index in [4.69, 9.17) is 4.52 Å². The number of aryl methyl sites for hydroxylation is 1. The van der Waals surface area contributed by atoms with Crippen molar-refractivity contribution < 1.29 is 14.1 Å². The summed E-state index contributed by atoms with van der Waals surface area (Å²) in [4.78, 5) is 30.9. The van der Waals surface area contributed by atoms with Crippen LogP contribution < -0.4 is 5.32 Å². The van der Waals surface area contributed by atoms with E-state index in [0.717, 1.165) is 11.1 Å². The Bertz CT molecular complexity index is 1000. The van der Waals surface area contributed by atoms with Gasteiger partial charge in [0, 0.05) is 30.8 Å². The third-order valence-corrected chi connectivity index (χ3v) is 4.71. The number of likely N-dealkylation sites (tertiary alicyclic amines) is 1. The van der Waals surface area contributed by atoms with Gasteiger partial charge >= 0.3 is 0 Å². The van der Waals surface area contributed by atoms with Crippen LogP contribution in [0.4, 0.5) is 5.69 Å². The maximum absolute atomic E-state index is 12.7. The minimum Gasteiger partial charge on any atom is -0.338 e. The van der Waals surface area contributed by atoms with Crippen molar-refractivity contribution in [2.75, 3.05) is 11.9 Å². The van der Waals surface area contributed by atoms with Crippen LogP contribution in [0.15, 0.2) is 59.1 Å². The first kappa shape index (κ1) is 17.9. The number of nitrogens with one attached hydrogen (secondary N) is 1. The van der Waals surface area contributed by atoms with Gasteiger partial charge in [0.05, 0.1) is 5.92 Å². The average Bonchev–Trinajstić information content (AvgIpc) is 3.29. The standard InChI is InChI=1S/C21H20N4O3/c1-14-22-21(28-24-14)16-8-5-9-18(10-16)23-20(27)17-11-19(26)25(13-17)12-15-6-3-2-4-7-15/h2-10,17H,11-13H2,1H3,(H,23,27). The van der Waals surface area contributed by atoms with Crippen molar-refractivity contribution >= 4 is 17.5 Å². The number of benzene rings is 2. The van der Waals surface area contributed by atoms with Crippen molar-refractivity contribution in [3.63, 3.8) is 0 Å². The number of hydrogen-bond donors (Lipinski definition) is 1. The lowest BCUT2D eigenvalue weighted by atomic mass is 10.1. The van der Waals surface area contributed by atoms with Crippen molar-refractivity contribution in [2.24, 2.45) is 5.92 Å². The molecule has 4 rings (SSSR count). The third kappa shape index (κ3) is 3.93. The third-order valence-electron chi connectivity index (χ3n) is 4.71. The summed E-state index contributed by atoms with van der Waals surface area (Å²) >= 11 is 0. The molecule has 0 aliphatic carbocycles. The summed E-state index contributed by atoms with van der Waals surface area (Å²) in [6.45, 7) is 2.69. The predicted molar refractivity (Wildman–Crippen MR) is 103 cm³/mol. The molecule has 1 N–H and O–H groups in total. The number of carbonyl (C=O) groups is 2. The number of hydrogen-bond acceptors (Lipinski definition) is 5. The highest BCUT2D eigenvalue weighted by molar-refractivity contribution is 5.97. The predicted octanol–water partition coefficient (Wildman–Crippen LogP) is 3.03. The quantitative estimate of drug-likeness (QED) is 0.739. The zero-order chi connectivity index (χ0) is 19.5. The van der Waals surface area contributed by atoms with E-state index in [2.05, 4.69) is 15.5 Å². The van der Waals surface area contributed by atoms with Gasteiger partial charge in [-0.1, -0.05) is 41.6 Å². The fraction of sp³-hybridized carbons (Fsp3) is 0.238. The van der Waals surface area contributed by atoms with E-state index in [9.17, 15) is 9.59 Å². The molecular weight excluding hydrogens is 356 g/mol. The van der Waals surface area contributed by atoms with Gasteiger partial charge in [-0.05, 0) is 30.7 Å². The topological polar surface area (TPSA) is 88.3 Å². The van der Waals surface area contributed by atoms with Crippen LogP contribution in [-0.4, -0.2) is 33.4 Å². The number of rotatable bonds is 5. The first-order valence-electron chi connectivity index (χ1n) is 9.12. The number of aromatic nitrogens is 2. The smallest absolute Gasteiger partial charge is 0.257 e. The van der Waals surface area contributed by atoms with Crippen LogP contribution in [0.25, 0.3) is 11.5 Å². The second kappa shape index (κ2) is 7.64. The average molecular weight is 376 g/mol. The van der Waals surface area contributed by atoms with Crippen molar-refractivity contribution in [1.29, 1.82) is 0 Å². The molecule has 2 amide bonds. The molecule has 7 nitrogen and oxygen atoms in total. The molecule has 0 radical (unpaired) electrons. The van der Waals surface area contributed by atoms with Crippen molar-refractivity contribution in [3.05, 3.63) is 66.0 Å². The van der Waals surface area contributed by atoms with Crippen LogP contribution in [0, 0.1) is 12.8 Å². The minimum atomic E-state index is -0.370. The summed E-state index contributed by atoms with van der Waals surface area (Å²) in [7, 11) is 0. The SMILES string of the molecule is Cc1noc(-c2cccc(NC(=O)C3CC(=O)N(Cc4ccccc4)C3)c2)n1. The van der Waals surface area contributed by atoms with E-state index in [1.807, 2.05) is 42.5 Å². The van der Waals surface area contributed by atoms with E-state index in [1.54, 1.807) is 24.0 Å². The lowest BCUT2D eigenvalue weighted by Crippen LogP contribution is -2.28. The molecule has 1 aliphatic heterocycles. The number of carbonyl (C=O) groups excluding carboxylic acids is 2. The molecular formula is C21H20N4O3. The Morgan fingerprint density at radius 3 is 2.79 bits per heavy atom. The molecule has 0 saturated carbocycles. The molecule has 1 fully saturated rings. The highest BCUT2D eigenvalue weighted by Gasteiger charge is 2.34. The molecule has 1 atom stereocenters. The number of amides is 2. The second-order valence-corrected chi connectivity index (χ2v) is 6.88. The summed E-state index contributed by atoms with van der Waals surface area (Å²) in [6, 6.07) is 17.0. The van der Waals surface area contributed by atoms with Crippen molar-refractivity contribution in [1.82, 2.24) is 15.0 Å². The number of nitrogens with zero attached hydrogens (tertiary/aromatic N) is 3. The molecule has 1 aliphatic rings. The second-order valence-electron chi connectivity index (χ2n) is 6.88. The van der Waals surface area contributed by atoms with Crippen LogP contribution in [0.3, 0.4) is 0 Å². The van der Waals surface area contributed by atoms with E-state index < -0.39 is 0 Å². The maximum Gasteiger partial charge on any atom is 0.257 e. The lowest BCUT2D eigenvalue weighted by Gasteiger charge is -2.16. The Morgan fingerprint density at radius 1 is 1.21 bits per heavy atom. The number of anilines is 1. The first-order chi connectivity index (χ1) is 13.6. The Hall–Kier alpha value is -3.48. The van der Waals surface area contributed by atoms with Gasteiger partial charge in [-0.15, -0.1) is 0 Å². The van der Waals surface area contributed by atoms with Gasteiger partial charge in [0.2, 0.25) is 11.8 Å². The highest BCUT2D eigenvalue weighted by atomic mass is 16.5. The largest absolute Gasteiger partial charge is 0.338 e. The van der Waals surface area contributed by atoms with Gasteiger partial charge in [-0.2, -0.15) is 4.98 Å². The van der Waals surface area contributed by atoms with Gasteiger partial charge in [0.1, 0.15) is 0 Å². The van der Waals surface area contributed by atoms with Gasteiger partial charge in [-0.25, -0.2) is 0 Å². The normalized spacial score (nSPS) is 16.4. The Kier molecular flexibility index (Phi) is 4.89. The fourth-order valence-electron chi connectivity index (χ4n) is 3.29. The van der Waals surface area contributed by atoms with E-state index in [1.165, 1.54) is 0 Å². The van der Waals surface area contributed by atoms with Crippen molar-refractivity contribution in [2.45, 2.75) is 19.9 Å². The Balaban J connectivity index is 1.41. The van der Waals surface area contributed by atoms with Gasteiger partial charge in [-0.3, -0.25) is 9.59 Å². The lowest BCUT2D eigenvalue weighted by molar-refractivity contribution is -0.128. The van der Waals surface area contributed by atoms with Crippen LogP contribution in [-0.2, 0) is 16.1 Å². The molecule has 0 bridgehead atoms. The molecule has 1 aromatic heterocycles. The van der Waals surface area contributed by atoms with Gasteiger partial charge in [0.15, 0.2) is 5.82 Å². The van der Waals surface area contributed by atoms with Crippen LogP contribution in [0.2, 0.25) is 0 Å². The van der Waals surface area contributed by atoms with E-state index in [-0.39, 0.29) is 24.2 Å². The Morgan fingerprint density at radius 2 is 2.04 bits per heavy atom. The summed E-state index contributed by atoms with van der Waals surface area (Å²) in [6.07, 6.45) is 0.223. The summed E-state index contributed by atoms with van der Waals surface area (Å²) in [5, 5.41) is 6.68. The molecule has 2 aromatic carbocycles. The minimum absolute atomic E-state index is 0.000844. The summed E-state index contributed by atoms with van der Waals surface area (Å²) in [5.74, 6) is 0.415. The molecule has 28 heavy (non-hydrogen) atoms. The van der Waals surface area contributed by atoms with Gasteiger partial charge in [0.25, 0.3) is 5.89 Å². The fourth-order valence-corrected chi connectivity index (χ4v) is 3.29. The molecule has 142 valence electrons. The van der Waals surface area contributed by atoms with Crippen molar-refractivity contribution in [3.8, 4) is 11.5 Å². The van der Waals surface area contributed by atoms with E-state index >= 15 is 0 Å². The zero-order valence-electron chi connectivity index (χ0n) is 15.5.